The number of ether oxygens (including phenoxy) is 1. The maximum Gasteiger partial charge on any atom is 0.410 e. The van der Waals surface area contributed by atoms with Crippen LogP contribution in [0.5, 0.6) is 0 Å². The Hall–Kier alpha value is -2.44. The molecule has 30 heavy (non-hydrogen) atoms. The van der Waals surface area contributed by atoms with Crippen molar-refractivity contribution >= 4 is 23.3 Å². The largest absolute Gasteiger partial charge is 0.444 e. The highest BCUT2D eigenvalue weighted by atomic mass is 19.3. The molecule has 2 heterocycles. The van der Waals surface area contributed by atoms with E-state index in [1.807, 2.05) is 45.0 Å². The van der Waals surface area contributed by atoms with E-state index in [1.54, 1.807) is 4.90 Å². The van der Waals surface area contributed by atoms with Gasteiger partial charge in [0.2, 0.25) is 11.8 Å². The Morgan fingerprint density at radius 3 is 2.47 bits per heavy atom. The van der Waals surface area contributed by atoms with E-state index in [2.05, 4.69) is 5.32 Å². The van der Waals surface area contributed by atoms with Crippen LogP contribution in [0.15, 0.2) is 24.3 Å². The van der Waals surface area contributed by atoms with Crippen LogP contribution in [0, 0.1) is 0 Å². The number of alkyl halides is 2. The lowest BCUT2D eigenvalue weighted by molar-refractivity contribution is -0.125. The fourth-order valence-electron chi connectivity index (χ4n) is 4.58. The zero-order valence-corrected chi connectivity index (χ0v) is 17.7. The van der Waals surface area contributed by atoms with Crippen LogP contribution in [-0.2, 0) is 14.9 Å². The van der Waals surface area contributed by atoms with Crippen molar-refractivity contribution in [3.63, 3.8) is 0 Å². The predicted octanol–water partition coefficient (Wildman–Crippen LogP) is 5.11. The number of hydrogen-bond donors (Lipinski definition) is 1. The number of benzene rings is 1. The molecule has 162 valence electrons. The average molecular weight is 418 g/mol. The van der Waals surface area contributed by atoms with Crippen LogP contribution >= 0.6 is 0 Å². The molecule has 0 bridgehead atoms. The summed E-state index contributed by atoms with van der Waals surface area (Å²) in [6.07, 6.45) is 2.13. The number of hydrogen-bond acceptors (Lipinski definition) is 3. The van der Waals surface area contributed by atoms with Gasteiger partial charge in [0.1, 0.15) is 5.60 Å². The molecule has 0 radical (unpaired) electrons. The third-order valence-corrected chi connectivity index (χ3v) is 6.28. The first-order valence-corrected chi connectivity index (χ1v) is 10.5. The summed E-state index contributed by atoms with van der Waals surface area (Å²) in [6.45, 7) is 6.52. The van der Waals surface area contributed by atoms with Gasteiger partial charge >= 0.3 is 6.09 Å². The topological polar surface area (TPSA) is 58.6 Å². The molecular formula is C23H28F2N2O3. The predicted molar refractivity (Wildman–Crippen MR) is 111 cm³/mol. The molecule has 1 aromatic rings. The Morgan fingerprint density at radius 1 is 1.17 bits per heavy atom. The maximum atomic E-state index is 13.7. The van der Waals surface area contributed by atoms with Crippen LogP contribution in [0.3, 0.4) is 0 Å². The number of carbonyl (C=O) groups is 2. The minimum absolute atomic E-state index is 0.160. The van der Waals surface area contributed by atoms with Gasteiger partial charge in [0.25, 0.3) is 0 Å². The Kier molecular flexibility index (Phi) is 4.90. The van der Waals surface area contributed by atoms with E-state index >= 15 is 0 Å². The summed E-state index contributed by atoms with van der Waals surface area (Å²) in [4.78, 5) is 26.6. The molecular weight excluding hydrogens is 390 g/mol. The smallest absolute Gasteiger partial charge is 0.410 e. The number of halogens is 2. The molecule has 1 saturated carbocycles. The number of anilines is 1. The van der Waals surface area contributed by atoms with Gasteiger partial charge in [0.15, 0.2) is 0 Å². The van der Waals surface area contributed by atoms with Crippen molar-refractivity contribution in [3.8, 4) is 0 Å². The lowest BCUT2D eigenvalue weighted by Crippen LogP contribution is -2.41. The maximum absolute atomic E-state index is 13.7. The van der Waals surface area contributed by atoms with E-state index in [-0.39, 0.29) is 37.7 Å². The first-order chi connectivity index (χ1) is 14.0. The first-order valence-electron chi connectivity index (χ1n) is 10.5. The number of nitrogens with zero attached hydrogens (tertiary/aromatic N) is 1. The van der Waals surface area contributed by atoms with Crippen molar-refractivity contribution in [2.75, 3.05) is 18.4 Å². The van der Waals surface area contributed by atoms with E-state index in [0.717, 1.165) is 22.4 Å². The molecule has 0 unspecified atom stereocenters. The van der Waals surface area contributed by atoms with E-state index in [9.17, 15) is 18.4 Å². The van der Waals surface area contributed by atoms with Crippen molar-refractivity contribution in [2.45, 2.75) is 69.8 Å². The van der Waals surface area contributed by atoms with Gasteiger partial charge < -0.3 is 15.0 Å². The summed E-state index contributed by atoms with van der Waals surface area (Å²) < 4.78 is 32.9. The normalized spacial score (nSPS) is 22.4. The fraction of sp³-hybridized carbons (Fsp3) is 0.565. The van der Waals surface area contributed by atoms with Gasteiger partial charge in [-0.1, -0.05) is 12.1 Å². The van der Waals surface area contributed by atoms with Crippen LogP contribution in [0.25, 0.3) is 5.57 Å². The number of carbonyl (C=O) groups excluding carboxylic acids is 2. The molecule has 2 aliphatic heterocycles. The lowest BCUT2D eigenvalue weighted by atomic mass is 9.69. The molecule has 1 aliphatic carbocycles. The number of fused-ring (bicyclic) bond motifs is 2. The van der Waals surface area contributed by atoms with E-state index in [0.29, 0.717) is 19.5 Å². The quantitative estimate of drug-likeness (QED) is 0.690. The fourth-order valence-corrected chi connectivity index (χ4v) is 4.58. The van der Waals surface area contributed by atoms with Gasteiger partial charge in [-0.05, 0) is 68.9 Å². The standard InChI is InChI=1S/C23H28F2N2O3/c1-21(2,3)30-20(29)27-12-6-15(7-13-27)16-4-5-18-17(14-16)22(19(28)26-18)8-10-23(24,25)11-9-22/h4-6,14H,7-13H2,1-3H3,(H,26,28). The summed E-state index contributed by atoms with van der Waals surface area (Å²) in [5.74, 6) is -2.86. The van der Waals surface area contributed by atoms with Crippen LogP contribution in [0.4, 0.5) is 19.3 Å². The molecule has 0 saturated heterocycles. The summed E-state index contributed by atoms with van der Waals surface area (Å²) >= 11 is 0. The Labute approximate surface area is 175 Å². The Balaban J connectivity index is 1.54. The third kappa shape index (κ3) is 3.82. The zero-order valence-electron chi connectivity index (χ0n) is 17.7. The number of rotatable bonds is 1. The summed E-state index contributed by atoms with van der Waals surface area (Å²) in [5, 5.41) is 2.89. The monoisotopic (exact) mass is 418 g/mol. The van der Waals surface area contributed by atoms with E-state index in [1.165, 1.54) is 0 Å². The van der Waals surface area contributed by atoms with Gasteiger partial charge in [0, 0.05) is 31.6 Å². The molecule has 7 heteroatoms. The van der Waals surface area contributed by atoms with Crippen molar-refractivity contribution in [2.24, 2.45) is 0 Å². The second kappa shape index (κ2) is 7.06. The molecule has 1 fully saturated rings. The molecule has 3 aliphatic rings. The summed E-state index contributed by atoms with van der Waals surface area (Å²) in [7, 11) is 0. The minimum atomic E-state index is -2.69. The van der Waals surface area contributed by atoms with Gasteiger partial charge in [-0.2, -0.15) is 0 Å². The third-order valence-electron chi connectivity index (χ3n) is 6.28. The highest BCUT2D eigenvalue weighted by molar-refractivity contribution is 6.06. The summed E-state index contributed by atoms with van der Waals surface area (Å²) in [5.41, 5.74) is 2.23. The van der Waals surface area contributed by atoms with Gasteiger partial charge in [-0.25, -0.2) is 13.6 Å². The molecule has 4 rings (SSSR count). The van der Waals surface area contributed by atoms with Crippen LogP contribution in [0.1, 0.15) is 64.0 Å². The summed E-state index contributed by atoms with van der Waals surface area (Å²) in [6, 6.07) is 5.79. The molecule has 1 aromatic carbocycles. The molecule has 1 N–H and O–H groups in total. The van der Waals surface area contributed by atoms with Crippen molar-refractivity contribution < 1.29 is 23.1 Å². The second-order valence-corrected chi connectivity index (χ2v) is 9.56. The average Bonchev–Trinajstić information content (AvgIpc) is 2.94. The first kappa shape index (κ1) is 20.8. The molecule has 0 atom stereocenters. The lowest BCUT2D eigenvalue weighted by Gasteiger charge is -2.35. The van der Waals surface area contributed by atoms with Crippen LogP contribution < -0.4 is 5.32 Å². The van der Waals surface area contributed by atoms with Crippen molar-refractivity contribution in [3.05, 3.63) is 35.4 Å². The molecule has 1 spiro atoms. The Bertz CT molecular complexity index is 908. The SMILES string of the molecule is CC(C)(C)OC(=O)N1CC=C(c2ccc3c(c2)C2(CCC(F)(F)CC2)C(=O)N3)CC1. The van der Waals surface area contributed by atoms with Crippen molar-refractivity contribution in [1.82, 2.24) is 4.90 Å². The van der Waals surface area contributed by atoms with Crippen LogP contribution in [0.2, 0.25) is 0 Å². The minimum Gasteiger partial charge on any atom is -0.444 e. The van der Waals surface area contributed by atoms with Gasteiger partial charge in [-0.3, -0.25) is 4.79 Å². The van der Waals surface area contributed by atoms with Gasteiger partial charge in [0.05, 0.1) is 5.41 Å². The van der Waals surface area contributed by atoms with Gasteiger partial charge in [-0.15, -0.1) is 0 Å². The van der Waals surface area contributed by atoms with E-state index < -0.39 is 16.9 Å². The van der Waals surface area contributed by atoms with E-state index in [4.69, 9.17) is 4.74 Å². The number of nitrogens with one attached hydrogen (secondary N) is 1. The molecule has 5 nitrogen and oxygen atoms in total. The second-order valence-electron chi connectivity index (χ2n) is 9.56. The number of amides is 2. The zero-order chi connectivity index (χ0) is 21.7. The van der Waals surface area contributed by atoms with Crippen molar-refractivity contribution in [1.29, 1.82) is 0 Å². The molecule has 0 aromatic heterocycles. The Morgan fingerprint density at radius 2 is 1.87 bits per heavy atom. The highest BCUT2D eigenvalue weighted by Crippen LogP contribution is 2.51. The molecule has 2 amide bonds. The highest BCUT2D eigenvalue weighted by Gasteiger charge is 2.52. The van der Waals surface area contributed by atoms with Crippen LogP contribution in [-0.4, -0.2) is 41.5 Å².